The summed E-state index contributed by atoms with van der Waals surface area (Å²) in [5.41, 5.74) is 1.29. The van der Waals surface area contributed by atoms with Crippen molar-refractivity contribution in [2.45, 2.75) is 20.3 Å². The molecule has 0 radical (unpaired) electrons. The molecule has 0 aromatic heterocycles. The summed E-state index contributed by atoms with van der Waals surface area (Å²) in [6.07, 6.45) is 0.525. The molecular formula is C9H11F2P. The third kappa shape index (κ3) is 1.49. The van der Waals surface area contributed by atoms with E-state index in [4.69, 9.17) is 0 Å². The second-order valence-corrected chi connectivity index (χ2v) is 3.34. The summed E-state index contributed by atoms with van der Waals surface area (Å²) in [5, 5.41) is 0.728. The van der Waals surface area contributed by atoms with Crippen molar-refractivity contribution in [2.75, 3.05) is 0 Å². The van der Waals surface area contributed by atoms with Crippen molar-refractivity contribution in [3.63, 3.8) is 0 Å². The van der Waals surface area contributed by atoms with Gasteiger partial charge in [0.1, 0.15) is 0 Å². The van der Waals surface area contributed by atoms with Gasteiger partial charge in [-0.3, -0.25) is 0 Å². The largest absolute Gasteiger partial charge is 0.204 e. The van der Waals surface area contributed by atoms with Crippen molar-refractivity contribution in [2.24, 2.45) is 0 Å². The number of hydrogen-bond donors (Lipinski definition) is 0. The van der Waals surface area contributed by atoms with Crippen LogP contribution in [0.15, 0.2) is 6.07 Å². The molecule has 0 nitrogen and oxygen atoms in total. The van der Waals surface area contributed by atoms with Gasteiger partial charge in [-0.2, -0.15) is 0 Å². The molecule has 0 aliphatic rings. The average Bonchev–Trinajstić information content (AvgIpc) is 2.02. The first-order valence-electron chi connectivity index (χ1n) is 3.80. The molecule has 0 saturated carbocycles. The third-order valence-electron chi connectivity index (χ3n) is 2.00. The minimum atomic E-state index is -0.762. The Morgan fingerprint density at radius 3 is 2.50 bits per heavy atom. The minimum Gasteiger partial charge on any atom is -0.204 e. The first-order valence-corrected chi connectivity index (χ1v) is 4.38. The van der Waals surface area contributed by atoms with E-state index >= 15 is 0 Å². The molecule has 1 rings (SSSR count). The maximum absolute atomic E-state index is 13.1. The molecule has 1 aromatic rings. The van der Waals surface area contributed by atoms with Crippen LogP contribution in [0.1, 0.15) is 18.1 Å². The Balaban J connectivity index is 3.42. The Morgan fingerprint density at radius 2 is 2.00 bits per heavy atom. The normalized spacial score (nSPS) is 10.4. The molecule has 0 amide bonds. The Hall–Kier alpha value is -0.490. The van der Waals surface area contributed by atoms with Gasteiger partial charge >= 0.3 is 0 Å². The molecule has 12 heavy (non-hydrogen) atoms. The van der Waals surface area contributed by atoms with E-state index in [1.807, 2.05) is 6.92 Å². The molecular weight excluding hydrogens is 177 g/mol. The molecule has 0 saturated heterocycles. The van der Waals surface area contributed by atoms with E-state index in [2.05, 4.69) is 9.24 Å². The van der Waals surface area contributed by atoms with Gasteiger partial charge in [0, 0.05) is 0 Å². The minimum absolute atomic E-state index is 0.472. The fraction of sp³-hybridized carbons (Fsp3) is 0.333. The van der Waals surface area contributed by atoms with Gasteiger partial charge in [-0.25, -0.2) is 8.78 Å². The second kappa shape index (κ2) is 3.49. The lowest BCUT2D eigenvalue weighted by atomic mass is 10.1. The van der Waals surface area contributed by atoms with Crippen molar-refractivity contribution in [1.82, 2.24) is 0 Å². The first-order chi connectivity index (χ1) is 5.57. The summed E-state index contributed by atoms with van der Waals surface area (Å²) in [4.78, 5) is 0. The summed E-state index contributed by atoms with van der Waals surface area (Å²) >= 11 is 0. The van der Waals surface area contributed by atoms with Crippen LogP contribution in [-0.2, 0) is 6.42 Å². The fourth-order valence-corrected chi connectivity index (χ4v) is 1.53. The van der Waals surface area contributed by atoms with Crippen LogP contribution in [0.5, 0.6) is 0 Å². The summed E-state index contributed by atoms with van der Waals surface area (Å²) in [6.45, 7) is 3.61. The Bertz CT molecular complexity index is 282. The first kappa shape index (κ1) is 9.60. The van der Waals surface area contributed by atoms with Crippen molar-refractivity contribution >= 4 is 14.5 Å². The standard InChI is InChI=1S/C9H11F2P/c1-3-6-5(2)8(12)4-7(10)9(6)11/h4H,3,12H2,1-2H3. The highest BCUT2D eigenvalue weighted by atomic mass is 31.0. The van der Waals surface area contributed by atoms with Gasteiger partial charge in [0.25, 0.3) is 0 Å². The highest BCUT2D eigenvalue weighted by Crippen LogP contribution is 2.16. The predicted molar refractivity (Wildman–Crippen MR) is 49.8 cm³/mol. The van der Waals surface area contributed by atoms with E-state index in [0.29, 0.717) is 12.0 Å². The summed E-state index contributed by atoms with van der Waals surface area (Å²) in [7, 11) is 2.40. The highest BCUT2D eigenvalue weighted by Gasteiger charge is 2.11. The van der Waals surface area contributed by atoms with Crippen molar-refractivity contribution < 1.29 is 8.78 Å². The SMILES string of the molecule is CCc1c(C)c(P)cc(F)c1F. The molecule has 0 aliphatic heterocycles. The van der Waals surface area contributed by atoms with E-state index in [1.165, 1.54) is 6.07 Å². The Kier molecular flexibility index (Phi) is 2.79. The monoisotopic (exact) mass is 188 g/mol. The lowest BCUT2D eigenvalue weighted by Gasteiger charge is -2.08. The van der Waals surface area contributed by atoms with Gasteiger partial charge < -0.3 is 0 Å². The Labute approximate surface area is 73.2 Å². The third-order valence-corrected chi connectivity index (χ3v) is 2.60. The van der Waals surface area contributed by atoms with Gasteiger partial charge in [-0.05, 0) is 35.8 Å². The number of rotatable bonds is 1. The van der Waals surface area contributed by atoms with E-state index < -0.39 is 11.6 Å². The van der Waals surface area contributed by atoms with Crippen LogP contribution in [0, 0.1) is 18.6 Å². The zero-order valence-electron chi connectivity index (χ0n) is 7.12. The second-order valence-electron chi connectivity index (χ2n) is 2.72. The molecule has 1 unspecified atom stereocenters. The molecule has 66 valence electrons. The summed E-state index contributed by atoms with van der Waals surface area (Å²) < 4.78 is 25.9. The average molecular weight is 188 g/mol. The maximum Gasteiger partial charge on any atom is 0.162 e. The van der Waals surface area contributed by atoms with Gasteiger partial charge in [-0.15, -0.1) is 9.24 Å². The number of benzene rings is 1. The number of hydrogen-bond acceptors (Lipinski definition) is 0. The topological polar surface area (TPSA) is 0 Å². The molecule has 1 aromatic carbocycles. The quantitative estimate of drug-likeness (QED) is 0.593. The zero-order valence-corrected chi connectivity index (χ0v) is 8.27. The predicted octanol–water partition coefficient (Wildman–Crippen LogP) is 2.34. The van der Waals surface area contributed by atoms with Crippen LogP contribution < -0.4 is 5.30 Å². The molecule has 0 heterocycles. The van der Waals surface area contributed by atoms with Crippen LogP contribution in [0.25, 0.3) is 0 Å². The summed E-state index contributed by atoms with van der Waals surface area (Å²) in [5.74, 6) is -1.47. The lowest BCUT2D eigenvalue weighted by molar-refractivity contribution is 0.500. The fourth-order valence-electron chi connectivity index (χ4n) is 1.21. The molecule has 0 fully saturated rings. The molecule has 0 bridgehead atoms. The van der Waals surface area contributed by atoms with Crippen molar-refractivity contribution in [1.29, 1.82) is 0 Å². The Morgan fingerprint density at radius 1 is 1.42 bits per heavy atom. The van der Waals surface area contributed by atoms with Gasteiger partial charge in [0.2, 0.25) is 0 Å². The van der Waals surface area contributed by atoms with E-state index in [-0.39, 0.29) is 0 Å². The maximum atomic E-state index is 13.1. The van der Waals surface area contributed by atoms with Crippen LogP contribution in [0.2, 0.25) is 0 Å². The van der Waals surface area contributed by atoms with E-state index in [1.54, 1.807) is 6.92 Å². The van der Waals surface area contributed by atoms with Gasteiger partial charge in [-0.1, -0.05) is 6.92 Å². The molecule has 0 spiro atoms. The van der Waals surface area contributed by atoms with Crippen molar-refractivity contribution in [3.05, 3.63) is 28.8 Å². The van der Waals surface area contributed by atoms with Crippen LogP contribution in [0.3, 0.4) is 0 Å². The lowest BCUT2D eigenvalue weighted by Crippen LogP contribution is -2.07. The highest BCUT2D eigenvalue weighted by molar-refractivity contribution is 7.27. The summed E-state index contributed by atoms with van der Waals surface area (Å²) in [6, 6.07) is 1.20. The van der Waals surface area contributed by atoms with Gasteiger partial charge in [0.05, 0.1) is 0 Å². The van der Waals surface area contributed by atoms with Gasteiger partial charge in [0.15, 0.2) is 11.6 Å². The zero-order chi connectivity index (χ0) is 9.30. The molecule has 3 heteroatoms. The van der Waals surface area contributed by atoms with E-state index in [0.717, 1.165) is 10.9 Å². The molecule has 0 aliphatic carbocycles. The molecule has 0 N–H and O–H groups in total. The van der Waals surface area contributed by atoms with Crippen LogP contribution in [-0.4, -0.2) is 0 Å². The van der Waals surface area contributed by atoms with Crippen molar-refractivity contribution in [3.8, 4) is 0 Å². The number of halogens is 2. The smallest absolute Gasteiger partial charge is 0.162 e. The van der Waals surface area contributed by atoms with Crippen LogP contribution >= 0.6 is 9.24 Å². The van der Waals surface area contributed by atoms with E-state index in [9.17, 15) is 8.78 Å². The van der Waals surface area contributed by atoms with Crippen LogP contribution in [0.4, 0.5) is 8.78 Å². The molecule has 1 atom stereocenters.